The van der Waals surface area contributed by atoms with Crippen LogP contribution in [-0.2, 0) is 4.79 Å². The number of nitrogen functional groups attached to an aromatic ring is 1. The van der Waals surface area contributed by atoms with Crippen molar-refractivity contribution in [3.05, 3.63) is 23.8 Å². The largest absolute Gasteiger partial charge is 0.399 e. The van der Waals surface area contributed by atoms with Crippen LogP contribution in [0.25, 0.3) is 0 Å². The Hall–Kier alpha value is -1.59. The Morgan fingerprint density at radius 2 is 2.10 bits per heavy atom. The fourth-order valence-electron chi connectivity index (χ4n) is 2.56. The second-order valence-electron chi connectivity index (χ2n) is 6.21. The number of hydrogen-bond donors (Lipinski definition) is 3. The molecule has 2 rings (SSSR count). The fraction of sp³-hybridized carbons (Fsp3) is 0.562. The summed E-state index contributed by atoms with van der Waals surface area (Å²) in [6.45, 7) is 6.23. The first-order chi connectivity index (χ1) is 9.85. The van der Waals surface area contributed by atoms with Gasteiger partial charge >= 0.3 is 0 Å². The molecule has 1 fully saturated rings. The Morgan fingerprint density at radius 3 is 2.71 bits per heavy atom. The third-order valence-electron chi connectivity index (χ3n) is 4.11. The molecule has 0 spiro atoms. The summed E-state index contributed by atoms with van der Waals surface area (Å²) in [5.41, 5.74) is 7.64. The molecule has 5 heteroatoms. The van der Waals surface area contributed by atoms with Crippen molar-refractivity contribution in [3.63, 3.8) is 0 Å². The second kappa shape index (κ2) is 6.45. The van der Waals surface area contributed by atoms with Crippen LogP contribution < -0.4 is 11.1 Å². The molecule has 0 atom stereocenters. The lowest BCUT2D eigenvalue weighted by Gasteiger charge is -2.35. The number of anilines is 2. The van der Waals surface area contributed by atoms with E-state index < -0.39 is 5.60 Å². The number of benzene rings is 1. The standard InChI is InChI=1S/C16H25N3O2/c1-12-11-13(17)3-4-14(12)18-15(20)5-8-19-9-6-16(2,21)7-10-19/h3-4,11,21H,5-10,17H2,1-2H3,(H,18,20). The van der Waals surface area contributed by atoms with Gasteiger partial charge in [0.25, 0.3) is 0 Å². The number of rotatable bonds is 4. The molecule has 4 N–H and O–H groups in total. The Kier molecular flexibility index (Phi) is 4.85. The quantitative estimate of drug-likeness (QED) is 0.739. The Morgan fingerprint density at radius 1 is 1.43 bits per heavy atom. The van der Waals surface area contributed by atoms with Gasteiger partial charge in [-0.25, -0.2) is 0 Å². The lowest BCUT2D eigenvalue weighted by Crippen LogP contribution is -2.43. The highest BCUT2D eigenvalue weighted by Crippen LogP contribution is 2.21. The van der Waals surface area contributed by atoms with Crippen molar-refractivity contribution in [1.29, 1.82) is 0 Å². The topological polar surface area (TPSA) is 78.6 Å². The van der Waals surface area contributed by atoms with Crippen molar-refractivity contribution >= 4 is 17.3 Å². The van der Waals surface area contributed by atoms with Gasteiger partial charge < -0.3 is 21.1 Å². The van der Waals surface area contributed by atoms with Crippen molar-refractivity contribution in [2.45, 2.75) is 38.7 Å². The number of likely N-dealkylation sites (tertiary alicyclic amines) is 1. The Labute approximate surface area is 126 Å². The highest BCUT2D eigenvalue weighted by atomic mass is 16.3. The first-order valence-electron chi connectivity index (χ1n) is 7.46. The lowest BCUT2D eigenvalue weighted by atomic mass is 9.94. The molecule has 1 aliphatic heterocycles. The molecule has 1 heterocycles. The molecule has 0 bridgehead atoms. The van der Waals surface area contributed by atoms with Crippen molar-refractivity contribution in [3.8, 4) is 0 Å². The molecular weight excluding hydrogens is 266 g/mol. The normalized spacial score (nSPS) is 18.4. The monoisotopic (exact) mass is 291 g/mol. The number of carbonyl (C=O) groups excluding carboxylic acids is 1. The van der Waals surface area contributed by atoms with Gasteiger partial charge in [-0.05, 0) is 50.5 Å². The van der Waals surface area contributed by atoms with E-state index >= 15 is 0 Å². The van der Waals surface area contributed by atoms with Gasteiger partial charge in [0.1, 0.15) is 0 Å². The van der Waals surface area contributed by atoms with E-state index in [1.165, 1.54) is 0 Å². The maximum absolute atomic E-state index is 12.0. The third kappa shape index (κ3) is 4.72. The molecule has 0 unspecified atom stereocenters. The minimum absolute atomic E-state index is 0.0141. The highest BCUT2D eigenvalue weighted by Gasteiger charge is 2.27. The summed E-state index contributed by atoms with van der Waals surface area (Å²) in [4.78, 5) is 14.2. The van der Waals surface area contributed by atoms with Crippen LogP contribution in [0.15, 0.2) is 18.2 Å². The predicted molar refractivity (Wildman–Crippen MR) is 85.1 cm³/mol. The van der Waals surface area contributed by atoms with Crippen LogP contribution in [0.4, 0.5) is 11.4 Å². The minimum atomic E-state index is -0.542. The maximum atomic E-state index is 12.0. The molecule has 1 aliphatic rings. The Bertz CT molecular complexity index is 504. The number of carbonyl (C=O) groups is 1. The molecule has 0 saturated carbocycles. The number of nitrogens with zero attached hydrogens (tertiary/aromatic N) is 1. The molecule has 21 heavy (non-hydrogen) atoms. The molecule has 1 aromatic rings. The average Bonchev–Trinajstić information content (AvgIpc) is 2.41. The summed E-state index contributed by atoms with van der Waals surface area (Å²) < 4.78 is 0. The Balaban J connectivity index is 1.78. The number of aryl methyl sites for hydroxylation is 1. The molecule has 1 amide bonds. The van der Waals surface area contributed by atoms with E-state index in [9.17, 15) is 9.90 Å². The van der Waals surface area contributed by atoms with E-state index in [1.54, 1.807) is 6.07 Å². The van der Waals surface area contributed by atoms with Crippen LogP contribution in [0.5, 0.6) is 0 Å². The minimum Gasteiger partial charge on any atom is -0.399 e. The van der Waals surface area contributed by atoms with Gasteiger partial charge in [-0.2, -0.15) is 0 Å². The van der Waals surface area contributed by atoms with E-state index in [2.05, 4.69) is 10.2 Å². The van der Waals surface area contributed by atoms with Crippen LogP contribution in [-0.4, -0.2) is 41.1 Å². The molecule has 1 saturated heterocycles. The summed E-state index contributed by atoms with van der Waals surface area (Å²) >= 11 is 0. The van der Waals surface area contributed by atoms with E-state index in [1.807, 2.05) is 26.0 Å². The van der Waals surface area contributed by atoms with Gasteiger partial charge in [0.15, 0.2) is 0 Å². The lowest BCUT2D eigenvalue weighted by molar-refractivity contribution is -0.116. The van der Waals surface area contributed by atoms with Gasteiger partial charge in [0, 0.05) is 37.4 Å². The summed E-state index contributed by atoms with van der Waals surface area (Å²) in [6.07, 6.45) is 2.00. The van der Waals surface area contributed by atoms with Crippen LogP contribution in [0.1, 0.15) is 31.7 Å². The number of aliphatic hydroxyl groups is 1. The molecule has 5 nitrogen and oxygen atoms in total. The van der Waals surface area contributed by atoms with Gasteiger partial charge in [0.05, 0.1) is 5.60 Å². The highest BCUT2D eigenvalue weighted by molar-refractivity contribution is 5.91. The zero-order valence-corrected chi connectivity index (χ0v) is 12.9. The molecule has 0 radical (unpaired) electrons. The zero-order valence-electron chi connectivity index (χ0n) is 12.9. The van der Waals surface area contributed by atoms with Crippen LogP contribution in [0.3, 0.4) is 0 Å². The van der Waals surface area contributed by atoms with Crippen molar-refractivity contribution in [2.24, 2.45) is 0 Å². The van der Waals surface area contributed by atoms with Crippen LogP contribution in [0, 0.1) is 6.92 Å². The molecule has 1 aromatic carbocycles. The predicted octanol–water partition coefficient (Wildman–Crippen LogP) is 1.75. The molecule has 0 aliphatic carbocycles. The van der Waals surface area contributed by atoms with Gasteiger partial charge in [-0.3, -0.25) is 4.79 Å². The number of nitrogens with two attached hydrogens (primary N) is 1. The van der Waals surface area contributed by atoms with Crippen LogP contribution in [0.2, 0.25) is 0 Å². The van der Waals surface area contributed by atoms with E-state index in [4.69, 9.17) is 5.73 Å². The zero-order chi connectivity index (χ0) is 15.5. The second-order valence-corrected chi connectivity index (χ2v) is 6.21. The van der Waals surface area contributed by atoms with Gasteiger partial charge in [-0.15, -0.1) is 0 Å². The van der Waals surface area contributed by atoms with Crippen molar-refractivity contribution < 1.29 is 9.90 Å². The summed E-state index contributed by atoms with van der Waals surface area (Å²) in [5.74, 6) is 0.0141. The fourth-order valence-corrected chi connectivity index (χ4v) is 2.56. The van der Waals surface area contributed by atoms with E-state index in [0.29, 0.717) is 12.1 Å². The molecule has 0 aromatic heterocycles. The maximum Gasteiger partial charge on any atom is 0.225 e. The van der Waals surface area contributed by atoms with Gasteiger partial charge in [0.2, 0.25) is 5.91 Å². The molecule has 116 valence electrons. The third-order valence-corrected chi connectivity index (χ3v) is 4.11. The number of amides is 1. The van der Waals surface area contributed by atoms with Gasteiger partial charge in [-0.1, -0.05) is 0 Å². The molecular formula is C16H25N3O2. The van der Waals surface area contributed by atoms with Crippen molar-refractivity contribution in [2.75, 3.05) is 30.7 Å². The summed E-state index contributed by atoms with van der Waals surface area (Å²) in [6, 6.07) is 5.47. The summed E-state index contributed by atoms with van der Waals surface area (Å²) in [7, 11) is 0. The first-order valence-corrected chi connectivity index (χ1v) is 7.46. The number of nitrogens with one attached hydrogen (secondary N) is 1. The first kappa shape index (κ1) is 15.8. The SMILES string of the molecule is Cc1cc(N)ccc1NC(=O)CCN1CCC(C)(O)CC1. The average molecular weight is 291 g/mol. The summed E-state index contributed by atoms with van der Waals surface area (Å²) in [5, 5.41) is 12.8. The smallest absolute Gasteiger partial charge is 0.225 e. The van der Waals surface area contributed by atoms with Crippen LogP contribution >= 0.6 is 0 Å². The van der Waals surface area contributed by atoms with Crippen molar-refractivity contribution in [1.82, 2.24) is 4.90 Å². The number of hydrogen-bond acceptors (Lipinski definition) is 4. The van der Waals surface area contributed by atoms with E-state index in [-0.39, 0.29) is 5.91 Å². The van der Waals surface area contributed by atoms with E-state index in [0.717, 1.165) is 43.7 Å². The number of piperidine rings is 1.